The zero-order valence-corrected chi connectivity index (χ0v) is 20.0. The van der Waals surface area contributed by atoms with E-state index in [1.165, 1.54) is 25.5 Å². The lowest BCUT2D eigenvalue weighted by Gasteiger charge is -2.17. The highest BCUT2D eigenvalue weighted by molar-refractivity contribution is 7.16. The first-order valence-electron chi connectivity index (χ1n) is 11.0. The average molecular weight is 543 g/mol. The smallest absolute Gasteiger partial charge is 0.344 e. The number of nitrogens with zero attached hydrogens (tertiary/aromatic N) is 4. The topological polar surface area (TPSA) is 88.1 Å². The number of carbonyl (C=O) groups excluding carboxylic acids is 2. The zero-order valence-electron chi connectivity index (χ0n) is 19.2. The Morgan fingerprint density at radius 2 is 1.54 bits per heavy atom. The maximum Gasteiger partial charge on any atom is 0.416 e. The van der Waals surface area contributed by atoms with Crippen molar-refractivity contribution in [3.63, 3.8) is 0 Å². The van der Waals surface area contributed by atoms with Gasteiger partial charge in [-0.2, -0.15) is 26.3 Å². The van der Waals surface area contributed by atoms with Gasteiger partial charge in [0.25, 0.3) is 11.8 Å². The maximum absolute atomic E-state index is 13.2. The Bertz CT molecular complexity index is 1290. The average Bonchev–Trinajstić information content (AvgIpc) is 3.55. The third-order valence-corrected chi connectivity index (χ3v) is 6.64. The second kappa shape index (κ2) is 10.1. The molecule has 7 nitrogen and oxygen atoms in total. The van der Waals surface area contributed by atoms with E-state index in [0.29, 0.717) is 35.1 Å². The zero-order chi connectivity index (χ0) is 27.0. The molecule has 3 heterocycles. The lowest BCUT2D eigenvalue weighted by Crippen LogP contribution is -2.28. The molecule has 0 spiro atoms. The van der Waals surface area contributed by atoms with Crippen LogP contribution in [0.25, 0.3) is 10.7 Å². The standard InChI is InChI=1S/C23H19F6N5O2S/c1-12(33-19(35)13-8-14(22(24,25)26)10-15(9-13)23(27,28)29)17-18(31-5-4-30-17)20-32-11-16(37-20)21(36)34-6-2-3-7-34/h4-5,8-12H,2-3,6-7H2,1H3,(H,33,35). The minimum Gasteiger partial charge on any atom is -0.344 e. The predicted molar refractivity (Wildman–Crippen MR) is 121 cm³/mol. The SMILES string of the molecule is CC(NC(=O)c1cc(C(F)(F)F)cc(C(F)(F)F)c1)c1nccnc1-c1ncc(C(=O)N2CCCC2)s1. The molecule has 196 valence electrons. The molecule has 37 heavy (non-hydrogen) atoms. The molecule has 0 bridgehead atoms. The van der Waals surface area contributed by atoms with E-state index >= 15 is 0 Å². The molecule has 1 aliphatic heterocycles. The van der Waals surface area contributed by atoms with Gasteiger partial charge in [-0.05, 0) is 38.0 Å². The van der Waals surface area contributed by atoms with Gasteiger partial charge >= 0.3 is 12.4 Å². The van der Waals surface area contributed by atoms with Gasteiger partial charge in [0.1, 0.15) is 15.6 Å². The van der Waals surface area contributed by atoms with Gasteiger partial charge < -0.3 is 10.2 Å². The van der Waals surface area contributed by atoms with Gasteiger partial charge in [0.05, 0.1) is 29.1 Å². The van der Waals surface area contributed by atoms with E-state index in [4.69, 9.17) is 0 Å². The Kier molecular flexibility index (Phi) is 7.22. The van der Waals surface area contributed by atoms with Crippen LogP contribution < -0.4 is 5.32 Å². The maximum atomic E-state index is 13.2. The molecule has 1 aliphatic rings. The van der Waals surface area contributed by atoms with Gasteiger partial charge in [-0.1, -0.05) is 0 Å². The molecule has 0 saturated carbocycles. The van der Waals surface area contributed by atoms with Crippen molar-refractivity contribution in [2.24, 2.45) is 0 Å². The van der Waals surface area contributed by atoms with Crippen LogP contribution in [0, 0.1) is 0 Å². The summed E-state index contributed by atoms with van der Waals surface area (Å²) in [7, 11) is 0. The summed E-state index contributed by atoms with van der Waals surface area (Å²) in [6, 6.07) is -0.316. The second-order valence-electron chi connectivity index (χ2n) is 8.31. The third kappa shape index (κ3) is 5.89. The molecular weight excluding hydrogens is 524 g/mol. The molecular formula is C23H19F6N5O2S. The van der Waals surface area contributed by atoms with Gasteiger partial charge in [-0.3, -0.25) is 19.6 Å². The van der Waals surface area contributed by atoms with Crippen molar-refractivity contribution < 1.29 is 35.9 Å². The highest BCUT2D eigenvalue weighted by Gasteiger charge is 2.37. The van der Waals surface area contributed by atoms with Crippen LogP contribution in [0.1, 0.15) is 62.7 Å². The first-order valence-corrected chi connectivity index (χ1v) is 11.8. The van der Waals surface area contributed by atoms with Crippen LogP contribution in [0.5, 0.6) is 0 Å². The number of likely N-dealkylation sites (tertiary alicyclic amines) is 1. The minimum absolute atomic E-state index is 0.0511. The molecule has 3 aromatic rings. The van der Waals surface area contributed by atoms with E-state index in [-0.39, 0.29) is 23.4 Å². The van der Waals surface area contributed by atoms with Crippen molar-refractivity contribution in [2.45, 2.75) is 38.2 Å². The lowest BCUT2D eigenvalue weighted by molar-refractivity contribution is -0.143. The van der Waals surface area contributed by atoms with Crippen molar-refractivity contribution >= 4 is 23.2 Å². The monoisotopic (exact) mass is 543 g/mol. The lowest BCUT2D eigenvalue weighted by atomic mass is 10.0. The summed E-state index contributed by atoms with van der Waals surface area (Å²) in [6.07, 6.45) is -4.26. The minimum atomic E-state index is -5.09. The van der Waals surface area contributed by atoms with E-state index in [1.807, 2.05) is 0 Å². The molecule has 1 saturated heterocycles. The van der Waals surface area contributed by atoms with Crippen molar-refractivity contribution in [3.05, 3.63) is 64.1 Å². The summed E-state index contributed by atoms with van der Waals surface area (Å²) in [4.78, 5) is 40.1. The number of halogens is 6. The predicted octanol–water partition coefficient (Wildman–Crippen LogP) is 5.36. The van der Waals surface area contributed by atoms with Gasteiger partial charge in [-0.15, -0.1) is 11.3 Å². The van der Waals surface area contributed by atoms with Crippen molar-refractivity contribution in [3.8, 4) is 10.7 Å². The quantitative estimate of drug-likeness (QED) is 0.438. The third-order valence-electron chi connectivity index (χ3n) is 5.65. The summed E-state index contributed by atoms with van der Waals surface area (Å²) in [5.41, 5.74) is -3.61. The fraction of sp³-hybridized carbons (Fsp3) is 0.348. The number of hydrogen-bond acceptors (Lipinski definition) is 6. The highest BCUT2D eigenvalue weighted by Crippen LogP contribution is 2.36. The largest absolute Gasteiger partial charge is 0.416 e. The summed E-state index contributed by atoms with van der Waals surface area (Å²) in [6.45, 7) is 2.75. The van der Waals surface area contributed by atoms with Gasteiger partial charge in [0, 0.05) is 31.0 Å². The summed E-state index contributed by atoms with van der Waals surface area (Å²) >= 11 is 1.07. The molecule has 1 atom stereocenters. The van der Waals surface area contributed by atoms with Gasteiger partial charge in [-0.25, -0.2) is 4.98 Å². The first kappa shape index (κ1) is 26.5. The molecule has 2 aromatic heterocycles. The number of hydrogen-bond donors (Lipinski definition) is 1. The summed E-state index contributed by atoms with van der Waals surface area (Å²) in [5.74, 6) is -1.33. The van der Waals surface area contributed by atoms with E-state index in [2.05, 4.69) is 20.3 Å². The van der Waals surface area contributed by atoms with E-state index in [9.17, 15) is 35.9 Å². The molecule has 1 aromatic carbocycles. The Morgan fingerprint density at radius 1 is 0.946 bits per heavy atom. The van der Waals surface area contributed by atoms with Crippen LogP contribution >= 0.6 is 11.3 Å². The Balaban J connectivity index is 1.59. The molecule has 4 rings (SSSR count). The number of thiazole rings is 1. The number of alkyl halides is 6. The number of nitrogens with one attached hydrogen (secondary N) is 1. The van der Waals surface area contributed by atoms with Crippen LogP contribution in [0.2, 0.25) is 0 Å². The Hall–Kier alpha value is -3.55. The van der Waals surface area contributed by atoms with Crippen LogP contribution in [0.3, 0.4) is 0 Å². The molecule has 1 fully saturated rings. The van der Waals surface area contributed by atoms with E-state index < -0.39 is 41.0 Å². The van der Waals surface area contributed by atoms with Crippen molar-refractivity contribution in [2.75, 3.05) is 13.1 Å². The summed E-state index contributed by atoms with van der Waals surface area (Å²) in [5, 5.41) is 2.70. The molecule has 1 N–H and O–H groups in total. The van der Waals surface area contributed by atoms with Crippen LogP contribution in [0.4, 0.5) is 26.3 Å². The van der Waals surface area contributed by atoms with E-state index in [1.54, 1.807) is 4.90 Å². The molecule has 1 unspecified atom stereocenters. The fourth-order valence-corrected chi connectivity index (χ4v) is 4.71. The van der Waals surface area contributed by atoms with Crippen molar-refractivity contribution in [1.82, 2.24) is 25.2 Å². The Labute approximate surface area is 210 Å². The van der Waals surface area contributed by atoms with Crippen LogP contribution in [0.15, 0.2) is 36.8 Å². The second-order valence-corrected chi connectivity index (χ2v) is 9.34. The van der Waals surface area contributed by atoms with Gasteiger partial charge in [0.15, 0.2) is 0 Å². The number of benzene rings is 1. The van der Waals surface area contributed by atoms with Crippen molar-refractivity contribution in [1.29, 1.82) is 0 Å². The highest BCUT2D eigenvalue weighted by atomic mass is 32.1. The molecule has 0 radical (unpaired) electrons. The number of rotatable bonds is 5. The summed E-state index contributed by atoms with van der Waals surface area (Å²) < 4.78 is 79.1. The Morgan fingerprint density at radius 3 is 2.14 bits per heavy atom. The van der Waals surface area contributed by atoms with Gasteiger partial charge in [0.2, 0.25) is 0 Å². The van der Waals surface area contributed by atoms with Crippen LogP contribution in [-0.4, -0.2) is 44.8 Å². The normalized spacial score (nSPS) is 15.1. The number of aromatic nitrogens is 3. The fourth-order valence-electron chi connectivity index (χ4n) is 3.82. The number of carbonyl (C=O) groups is 2. The number of amides is 2. The molecule has 2 amide bonds. The first-order chi connectivity index (χ1) is 17.3. The van der Waals surface area contributed by atoms with Crippen LogP contribution in [-0.2, 0) is 12.4 Å². The van der Waals surface area contributed by atoms with E-state index in [0.717, 1.165) is 24.2 Å². The molecule has 0 aliphatic carbocycles. The molecule has 14 heteroatoms.